The lowest BCUT2D eigenvalue weighted by molar-refractivity contribution is 0.00945. The Hall–Kier alpha value is -1.11. The number of hydrogen-bond acceptors (Lipinski definition) is 4. The van der Waals surface area contributed by atoms with Crippen molar-refractivity contribution in [3.05, 3.63) is 23.8 Å². The van der Waals surface area contributed by atoms with Crippen molar-refractivity contribution in [2.24, 2.45) is 0 Å². The van der Waals surface area contributed by atoms with E-state index in [4.69, 9.17) is 5.73 Å². The van der Waals surface area contributed by atoms with Crippen molar-refractivity contribution in [3.63, 3.8) is 0 Å². The van der Waals surface area contributed by atoms with Gasteiger partial charge in [0.1, 0.15) is 4.90 Å². The van der Waals surface area contributed by atoms with E-state index in [0.717, 1.165) is 19.3 Å². The summed E-state index contributed by atoms with van der Waals surface area (Å²) in [7, 11) is -3.69. The van der Waals surface area contributed by atoms with Crippen LogP contribution in [0.15, 0.2) is 23.1 Å². The molecule has 0 atom stereocenters. The van der Waals surface area contributed by atoms with Crippen molar-refractivity contribution in [1.82, 2.24) is 4.72 Å². The molecule has 5 nitrogen and oxygen atoms in total. The predicted octanol–water partition coefficient (Wildman–Crippen LogP) is 1.55. The quantitative estimate of drug-likeness (QED) is 0.735. The van der Waals surface area contributed by atoms with E-state index >= 15 is 0 Å². The molecule has 0 aromatic heterocycles. The minimum absolute atomic E-state index is 0.0447. The highest BCUT2D eigenvalue weighted by atomic mass is 32.2. The average Bonchev–Trinajstić information content (AvgIpc) is 2.37. The van der Waals surface area contributed by atoms with Crippen molar-refractivity contribution in [3.8, 4) is 0 Å². The van der Waals surface area contributed by atoms with Gasteiger partial charge < -0.3 is 10.8 Å². The molecule has 0 unspecified atom stereocenters. The van der Waals surface area contributed by atoms with Crippen molar-refractivity contribution < 1.29 is 13.5 Å². The van der Waals surface area contributed by atoms with Gasteiger partial charge in [-0.25, -0.2) is 13.1 Å². The molecular formula is C14H22N2O3S. The van der Waals surface area contributed by atoms with E-state index in [1.165, 1.54) is 0 Å². The summed E-state index contributed by atoms with van der Waals surface area (Å²) in [5, 5.41) is 10.4. The summed E-state index contributed by atoms with van der Waals surface area (Å²) >= 11 is 0. The number of rotatable bonds is 4. The standard InChI is InChI=1S/C14H22N2O3S/c1-11-6-5-7-12(15)13(11)20(18,19)16-10-14(17)8-3-2-4-9-14/h5-7,16-17H,2-4,8-10,15H2,1H3. The van der Waals surface area contributed by atoms with Crippen LogP contribution in [-0.4, -0.2) is 25.7 Å². The highest BCUT2D eigenvalue weighted by molar-refractivity contribution is 7.89. The molecule has 0 spiro atoms. The first-order valence-corrected chi connectivity index (χ1v) is 8.40. The van der Waals surface area contributed by atoms with Crippen molar-refractivity contribution >= 4 is 15.7 Å². The molecule has 0 heterocycles. The molecular weight excluding hydrogens is 276 g/mol. The van der Waals surface area contributed by atoms with Gasteiger partial charge in [0.25, 0.3) is 0 Å². The fraction of sp³-hybridized carbons (Fsp3) is 0.571. The number of hydrogen-bond donors (Lipinski definition) is 3. The minimum Gasteiger partial charge on any atom is -0.398 e. The minimum atomic E-state index is -3.69. The second kappa shape index (κ2) is 5.71. The molecule has 1 fully saturated rings. The highest BCUT2D eigenvalue weighted by Gasteiger charge is 2.31. The number of benzene rings is 1. The molecule has 0 aliphatic heterocycles. The second-order valence-electron chi connectivity index (χ2n) is 5.60. The fourth-order valence-corrected chi connectivity index (χ4v) is 4.20. The van der Waals surface area contributed by atoms with Gasteiger partial charge in [-0.3, -0.25) is 0 Å². The van der Waals surface area contributed by atoms with Gasteiger partial charge in [0, 0.05) is 6.54 Å². The zero-order chi connectivity index (χ0) is 14.8. The van der Waals surface area contributed by atoms with E-state index in [-0.39, 0.29) is 17.1 Å². The number of nitrogen functional groups attached to an aromatic ring is 1. The van der Waals surface area contributed by atoms with Gasteiger partial charge in [-0.05, 0) is 31.4 Å². The molecule has 112 valence electrons. The van der Waals surface area contributed by atoms with Crippen LogP contribution in [-0.2, 0) is 10.0 Å². The van der Waals surface area contributed by atoms with Gasteiger partial charge in [0.2, 0.25) is 10.0 Å². The molecule has 6 heteroatoms. The molecule has 1 aliphatic carbocycles. The number of anilines is 1. The van der Waals surface area contributed by atoms with E-state index in [9.17, 15) is 13.5 Å². The van der Waals surface area contributed by atoms with Gasteiger partial charge in [0.15, 0.2) is 0 Å². The predicted molar refractivity (Wildman–Crippen MR) is 78.8 cm³/mol. The van der Waals surface area contributed by atoms with Crippen LogP contribution in [0.1, 0.15) is 37.7 Å². The Bertz CT molecular complexity index is 558. The van der Waals surface area contributed by atoms with Crippen LogP contribution in [0.25, 0.3) is 0 Å². The fourth-order valence-electron chi connectivity index (χ4n) is 2.73. The Morgan fingerprint density at radius 2 is 1.95 bits per heavy atom. The van der Waals surface area contributed by atoms with Crippen LogP contribution in [0.4, 0.5) is 5.69 Å². The van der Waals surface area contributed by atoms with E-state index < -0.39 is 15.6 Å². The Morgan fingerprint density at radius 1 is 1.30 bits per heavy atom. The Kier molecular flexibility index (Phi) is 4.36. The first-order valence-electron chi connectivity index (χ1n) is 6.91. The van der Waals surface area contributed by atoms with Gasteiger partial charge >= 0.3 is 0 Å². The summed E-state index contributed by atoms with van der Waals surface area (Å²) in [5.74, 6) is 0. The number of aliphatic hydroxyl groups is 1. The third-order valence-corrected chi connectivity index (χ3v) is 5.51. The maximum absolute atomic E-state index is 12.4. The van der Waals surface area contributed by atoms with Crippen molar-refractivity contribution in [2.45, 2.75) is 49.5 Å². The van der Waals surface area contributed by atoms with Gasteiger partial charge in [-0.15, -0.1) is 0 Å². The van der Waals surface area contributed by atoms with Crippen LogP contribution in [0, 0.1) is 6.92 Å². The van der Waals surface area contributed by atoms with Crippen LogP contribution in [0.5, 0.6) is 0 Å². The van der Waals surface area contributed by atoms with Crippen LogP contribution < -0.4 is 10.5 Å². The Balaban J connectivity index is 2.15. The zero-order valence-corrected chi connectivity index (χ0v) is 12.5. The molecule has 4 N–H and O–H groups in total. The summed E-state index contributed by atoms with van der Waals surface area (Å²) in [6, 6.07) is 5.00. The van der Waals surface area contributed by atoms with Gasteiger partial charge in [-0.2, -0.15) is 0 Å². The summed E-state index contributed by atoms with van der Waals surface area (Å²) in [6.45, 7) is 1.75. The molecule has 1 aromatic rings. The summed E-state index contributed by atoms with van der Waals surface area (Å²) in [5.41, 5.74) is 5.67. The Morgan fingerprint density at radius 3 is 2.55 bits per heavy atom. The largest absolute Gasteiger partial charge is 0.398 e. The molecule has 1 saturated carbocycles. The molecule has 1 aliphatic rings. The monoisotopic (exact) mass is 298 g/mol. The van der Waals surface area contributed by atoms with Gasteiger partial charge in [0.05, 0.1) is 11.3 Å². The normalized spacial score (nSPS) is 18.9. The van der Waals surface area contributed by atoms with E-state index in [2.05, 4.69) is 4.72 Å². The van der Waals surface area contributed by atoms with Crippen LogP contribution >= 0.6 is 0 Å². The van der Waals surface area contributed by atoms with Crippen LogP contribution in [0.3, 0.4) is 0 Å². The van der Waals surface area contributed by atoms with E-state index in [1.54, 1.807) is 25.1 Å². The van der Waals surface area contributed by atoms with E-state index in [1.807, 2.05) is 0 Å². The van der Waals surface area contributed by atoms with Crippen LogP contribution in [0.2, 0.25) is 0 Å². The number of nitrogens with two attached hydrogens (primary N) is 1. The van der Waals surface area contributed by atoms with Gasteiger partial charge in [-0.1, -0.05) is 31.4 Å². The average molecular weight is 298 g/mol. The first-order chi connectivity index (χ1) is 9.34. The molecule has 0 saturated heterocycles. The molecule has 1 aromatic carbocycles. The molecule has 0 radical (unpaired) electrons. The zero-order valence-electron chi connectivity index (χ0n) is 11.7. The summed E-state index contributed by atoms with van der Waals surface area (Å²) in [4.78, 5) is 0.111. The second-order valence-corrected chi connectivity index (χ2v) is 7.31. The number of sulfonamides is 1. The third kappa shape index (κ3) is 3.31. The number of aryl methyl sites for hydroxylation is 1. The van der Waals surface area contributed by atoms with Crippen molar-refractivity contribution in [2.75, 3.05) is 12.3 Å². The summed E-state index contributed by atoms with van der Waals surface area (Å²) in [6.07, 6.45) is 4.24. The molecule has 20 heavy (non-hydrogen) atoms. The van der Waals surface area contributed by atoms with Crippen molar-refractivity contribution in [1.29, 1.82) is 0 Å². The Labute approximate surface area is 120 Å². The molecule has 0 amide bonds. The lowest BCUT2D eigenvalue weighted by Crippen LogP contribution is -2.44. The lowest BCUT2D eigenvalue weighted by atomic mass is 9.85. The SMILES string of the molecule is Cc1cccc(N)c1S(=O)(=O)NCC1(O)CCCCC1. The number of nitrogens with one attached hydrogen (secondary N) is 1. The maximum Gasteiger partial charge on any atom is 0.242 e. The summed E-state index contributed by atoms with van der Waals surface area (Å²) < 4.78 is 27.2. The molecule has 0 bridgehead atoms. The third-order valence-electron chi connectivity index (χ3n) is 3.89. The maximum atomic E-state index is 12.4. The highest BCUT2D eigenvalue weighted by Crippen LogP contribution is 2.28. The van der Waals surface area contributed by atoms with E-state index in [0.29, 0.717) is 18.4 Å². The topological polar surface area (TPSA) is 92.4 Å². The molecule has 2 rings (SSSR count). The smallest absolute Gasteiger partial charge is 0.242 e. The first kappa shape index (κ1) is 15.3. The lowest BCUT2D eigenvalue weighted by Gasteiger charge is -2.32.